The molecule has 1 nitrogen and oxygen atoms in total. The zero-order chi connectivity index (χ0) is 10.1. The zero-order valence-electron chi connectivity index (χ0n) is 7.06. The van der Waals surface area contributed by atoms with Crippen molar-refractivity contribution in [1.29, 1.82) is 0 Å². The monoisotopic (exact) mass is 190 g/mol. The quantitative estimate of drug-likeness (QED) is 0.621. The molecule has 0 aromatic rings. The van der Waals surface area contributed by atoms with Crippen molar-refractivity contribution in [1.82, 2.24) is 0 Å². The van der Waals surface area contributed by atoms with Gasteiger partial charge in [0.25, 0.3) is 0 Å². The van der Waals surface area contributed by atoms with E-state index in [4.69, 9.17) is 0 Å². The van der Waals surface area contributed by atoms with Gasteiger partial charge < -0.3 is 0 Å². The third kappa shape index (κ3) is 2.44. The number of hydrogen-bond acceptors (Lipinski definition) is 1. The Balaban J connectivity index is 2.76. The molecule has 13 heavy (non-hydrogen) atoms. The normalized spacial score (nSPS) is 22.8. The van der Waals surface area contributed by atoms with Gasteiger partial charge in [0.1, 0.15) is 0 Å². The molecule has 1 rings (SSSR count). The number of allylic oxidation sites excluding steroid dienone is 4. The van der Waals surface area contributed by atoms with E-state index in [1.807, 2.05) is 0 Å². The van der Waals surface area contributed by atoms with Gasteiger partial charge in [-0.05, 0) is 18.9 Å². The van der Waals surface area contributed by atoms with Crippen LogP contribution in [-0.2, 0) is 4.79 Å². The van der Waals surface area contributed by atoms with Gasteiger partial charge in [-0.25, -0.2) is 0 Å². The molecule has 4 heteroatoms. The number of ketones is 1. The van der Waals surface area contributed by atoms with Gasteiger partial charge in [-0.3, -0.25) is 4.79 Å². The Morgan fingerprint density at radius 2 is 2.15 bits per heavy atom. The van der Waals surface area contributed by atoms with Crippen molar-refractivity contribution in [3.05, 3.63) is 23.8 Å². The number of alkyl halides is 3. The first-order valence-electron chi connectivity index (χ1n) is 3.86. The second-order valence-electron chi connectivity index (χ2n) is 2.99. The molecule has 0 radical (unpaired) electrons. The van der Waals surface area contributed by atoms with E-state index in [1.54, 1.807) is 0 Å². The summed E-state index contributed by atoms with van der Waals surface area (Å²) in [5.74, 6) is -1.80. The second-order valence-corrected chi connectivity index (χ2v) is 2.99. The third-order valence-electron chi connectivity index (χ3n) is 1.95. The lowest BCUT2D eigenvalue weighted by molar-refractivity contribution is -0.161. The molecule has 72 valence electrons. The average molecular weight is 190 g/mol. The van der Waals surface area contributed by atoms with Crippen LogP contribution in [0.15, 0.2) is 23.8 Å². The Morgan fingerprint density at radius 1 is 1.54 bits per heavy atom. The molecule has 0 aromatic heterocycles. The first-order valence-corrected chi connectivity index (χ1v) is 3.86. The molecule has 0 aromatic carbocycles. The van der Waals surface area contributed by atoms with Crippen molar-refractivity contribution < 1.29 is 18.0 Å². The van der Waals surface area contributed by atoms with Crippen LogP contribution in [0.25, 0.3) is 0 Å². The molecule has 0 saturated heterocycles. The molecular weight excluding hydrogens is 181 g/mol. The van der Waals surface area contributed by atoms with Gasteiger partial charge in [-0.2, -0.15) is 13.2 Å². The van der Waals surface area contributed by atoms with Crippen LogP contribution in [0.3, 0.4) is 0 Å². The van der Waals surface area contributed by atoms with Crippen LogP contribution in [0.1, 0.15) is 13.3 Å². The Labute approximate surface area is 73.9 Å². The van der Waals surface area contributed by atoms with Gasteiger partial charge in [0, 0.05) is 0 Å². The number of rotatable bonds is 1. The van der Waals surface area contributed by atoms with E-state index in [-0.39, 0.29) is 17.8 Å². The molecular formula is C9H9F3O. The maximum absolute atomic E-state index is 12.2. The first-order chi connectivity index (χ1) is 5.91. The van der Waals surface area contributed by atoms with Crippen molar-refractivity contribution in [3.63, 3.8) is 0 Å². The third-order valence-corrected chi connectivity index (χ3v) is 1.95. The van der Waals surface area contributed by atoms with E-state index in [0.29, 0.717) is 0 Å². The van der Waals surface area contributed by atoms with E-state index in [1.165, 1.54) is 19.1 Å². The van der Waals surface area contributed by atoms with E-state index in [9.17, 15) is 18.0 Å². The first kappa shape index (κ1) is 10.0. The summed E-state index contributed by atoms with van der Waals surface area (Å²) < 4.78 is 36.6. The fraction of sp³-hybridized carbons (Fsp3) is 0.444. The van der Waals surface area contributed by atoms with Crippen LogP contribution in [0, 0.1) is 5.92 Å². The summed E-state index contributed by atoms with van der Waals surface area (Å²) in [5.41, 5.74) is 0.241. The van der Waals surface area contributed by atoms with E-state index in [0.717, 1.165) is 6.08 Å². The molecule has 0 amide bonds. The highest BCUT2D eigenvalue weighted by Crippen LogP contribution is 2.34. The highest BCUT2D eigenvalue weighted by Gasteiger charge is 2.39. The Bertz CT molecular complexity index is 273. The smallest absolute Gasteiger partial charge is 0.295 e. The van der Waals surface area contributed by atoms with Gasteiger partial charge >= 0.3 is 6.18 Å². The lowest BCUT2D eigenvalue weighted by Gasteiger charge is -2.19. The predicted molar refractivity (Wildman–Crippen MR) is 42.1 cm³/mol. The van der Waals surface area contributed by atoms with Crippen LogP contribution in [0.2, 0.25) is 0 Å². The molecule has 0 bridgehead atoms. The van der Waals surface area contributed by atoms with Crippen LogP contribution in [-0.4, -0.2) is 12.0 Å². The summed E-state index contributed by atoms with van der Waals surface area (Å²) in [7, 11) is 0. The summed E-state index contributed by atoms with van der Waals surface area (Å²) in [4.78, 5) is 10.8. The van der Waals surface area contributed by atoms with Crippen molar-refractivity contribution in [3.8, 4) is 0 Å². The molecule has 0 heterocycles. The molecule has 1 atom stereocenters. The molecule has 0 spiro atoms. The van der Waals surface area contributed by atoms with Gasteiger partial charge in [-0.15, -0.1) is 0 Å². The zero-order valence-corrected chi connectivity index (χ0v) is 7.06. The summed E-state index contributed by atoms with van der Waals surface area (Å²) in [6.07, 6.45) is -0.670. The molecule has 0 aliphatic heterocycles. The van der Waals surface area contributed by atoms with Crippen LogP contribution in [0.5, 0.6) is 0 Å². The van der Waals surface area contributed by atoms with Crippen LogP contribution < -0.4 is 0 Å². The minimum atomic E-state index is -4.24. The molecule has 1 aliphatic rings. The molecule has 1 unspecified atom stereocenters. The molecule has 0 N–H and O–H groups in total. The number of carbonyl (C=O) groups excluding carboxylic acids is 1. The minimum absolute atomic E-state index is 0.227. The van der Waals surface area contributed by atoms with Crippen molar-refractivity contribution in [2.24, 2.45) is 5.92 Å². The number of Topliss-reactive ketones (excluding diaryl/α,β-unsaturated/α-hetero) is 1. The molecule has 0 saturated carbocycles. The summed E-state index contributed by atoms with van der Waals surface area (Å²) in [6.45, 7) is 1.28. The van der Waals surface area contributed by atoms with Crippen LogP contribution >= 0.6 is 0 Å². The van der Waals surface area contributed by atoms with Crippen LogP contribution in [0.4, 0.5) is 13.2 Å². The highest BCUT2D eigenvalue weighted by molar-refractivity contribution is 5.93. The second kappa shape index (κ2) is 3.36. The highest BCUT2D eigenvalue weighted by atomic mass is 19.4. The number of halogens is 3. The standard InChI is InChI=1S/C9H9F3O/c1-6(13)7-3-2-4-8(5-7)9(10,11)12/h2-4,8H,5H2,1H3. The fourth-order valence-corrected chi connectivity index (χ4v) is 1.16. The summed E-state index contributed by atoms with van der Waals surface area (Å²) >= 11 is 0. The van der Waals surface area contributed by atoms with Gasteiger partial charge in [0.15, 0.2) is 5.78 Å². The van der Waals surface area contributed by atoms with Gasteiger partial charge in [-0.1, -0.05) is 18.2 Å². The lowest BCUT2D eigenvalue weighted by Crippen LogP contribution is -2.23. The lowest BCUT2D eigenvalue weighted by atomic mass is 9.92. The minimum Gasteiger partial charge on any atom is -0.295 e. The Kier molecular flexibility index (Phi) is 2.59. The van der Waals surface area contributed by atoms with E-state index in [2.05, 4.69) is 0 Å². The predicted octanol–water partition coefficient (Wildman–Crippen LogP) is 2.64. The molecule has 1 aliphatic carbocycles. The summed E-state index contributed by atoms with van der Waals surface area (Å²) in [6, 6.07) is 0. The number of hydrogen-bond donors (Lipinski definition) is 0. The van der Waals surface area contributed by atoms with Gasteiger partial charge in [0.2, 0.25) is 0 Å². The van der Waals surface area contributed by atoms with Crippen molar-refractivity contribution >= 4 is 5.78 Å². The van der Waals surface area contributed by atoms with E-state index >= 15 is 0 Å². The fourth-order valence-electron chi connectivity index (χ4n) is 1.16. The largest absolute Gasteiger partial charge is 0.395 e. The van der Waals surface area contributed by atoms with Crippen molar-refractivity contribution in [2.45, 2.75) is 19.5 Å². The van der Waals surface area contributed by atoms with E-state index < -0.39 is 12.1 Å². The maximum atomic E-state index is 12.2. The SMILES string of the molecule is CC(=O)C1=CC=CC(C(F)(F)F)C1. The average Bonchev–Trinajstić information content (AvgIpc) is 2.03. The molecule has 0 fully saturated rings. The Morgan fingerprint density at radius 3 is 2.62 bits per heavy atom. The Hall–Kier alpha value is -1.06. The number of carbonyl (C=O) groups is 1. The topological polar surface area (TPSA) is 17.1 Å². The maximum Gasteiger partial charge on any atom is 0.395 e. The van der Waals surface area contributed by atoms with Gasteiger partial charge in [0.05, 0.1) is 5.92 Å². The summed E-state index contributed by atoms with van der Waals surface area (Å²) in [5, 5.41) is 0. The van der Waals surface area contributed by atoms with Crippen molar-refractivity contribution in [2.75, 3.05) is 0 Å².